The first-order valence-corrected chi connectivity index (χ1v) is 8.31. The fraction of sp³-hybridized carbons (Fsp3) is 0.263. The monoisotopic (exact) mass is 338 g/mol. The Labute approximate surface area is 145 Å². The number of morpholine rings is 1. The number of H-pyrrole nitrogens is 1. The molecule has 25 heavy (non-hydrogen) atoms. The number of aromatic amines is 1. The number of benzene rings is 1. The zero-order chi connectivity index (χ0) is 17.1. The third kappa shape index (κ3) is 3.60. The lowest BCUT2D eigenvalue weighted by Gasteiger charge is -2.34. The van der Waals surface area contributed by atoms with E-state index in [1.54, 1.807) is 24.7 Å². The molecule has 0 radical (unpaired) electrons. The molecule has 0 unspecified atom stereocenters. The minimum atomic E-state index is -0.256. The standard InChI is InChI=1S/C19H19FN4O/c20-16-3-1-2-15(10-16)17-11-22-19(23-17)18-13-25-9-8-24(18)12-14-4-6-21-7-5-14/h1-7,10-11,18H,8-9,12-13H2,(H,22,23)/t18-/m0/s1. The number of ether oxygens (including phenoxy) is 1. The van der Waals surface area contributed by atoms with Crippen LogP contribution in [-0.2, 0) is 11.3 Å². The van der Waals surface area contributed by atoms with Crippen LogP contribution in [-0.4, -0.2) is 39.6 Å². The van der Waals surface area contributed by atoms with Gasteiger partial charge in [0.2, 0.25) is 0 Å². The van der Waals surface area contributed by atoms with E-state index in [1.165, 1.54) is 17.7 Å². The van der Waals surface area contributed by atoms with Crippen LogP contribution in [0, 0.1) is 5.82 Å². The molecule has 128 valence electrons. The largest absolute Gasteiger partial charge is 0.378 e. The zero-order valence-electron chi connectivity index (χ0n) is 13.7. The SMILES string of the molecule is Fc1cccc(-c2cnc([C@@H]3COCCN3Cc3ccncc3)[nH]2)c1. The van der Waals surface area contributed by atoms with Gasteiger partial charge in [-0.1, -0.05) is 12.1 Å². The molecule has 1 aromatic carbocycles. The molecule has 0 spiro atoms. The molecule has 0 aliphatic carbocycles. The van der Waals surface area contributed by atoms with E-state index in [9.17, 15) is 4.39 Å². The van der Waals surface area contributed by atoms with Crippen molar-refractivity contribution in [3.63, 3.8) is 0 Å². The van der Waals surface area contributed by atoms with Crippen LogP contribution in [0.3, 0.4) is 0 Å². The number of halogens is 1. The van der Waals surface area contributed by atoms with E-state index in [0.717, 1.165) is 30.2 Å². The normalized spacial score (nSPS) is 18.4. The lowest BCUT2D eigenvalue weighted by Crippen LogP contribution is -2.39. The van der Waals surface area contributed by atoms with Gasteiger partial charge in [0.15, 0.2) is 0 Å². The summed E-state index contributed by atoms with van der Waals surface area (Å²) in [5, 5.41) is 0. The molecule has 2 aromatic heterocycles. The van der Waals surface area contributed by atoms with Gasteiger partial charge in [-0.3, -0.25) is 9.88 Å². The Morgan fingerprint density at radius 2 is 2.12 bits per heavy atom. The maximum absolute atomic E-state index is 13.5. The van der Waals surface area contributed by atoms with Crippen molar-refractivity contribution in [2.45, 2.75) is 12.6 Å². The highest BCUT2D eigenvalue weighted by atomic mass is 19.1. The highest BCUT2D eigenvalue weighted by molar-refractivity contribution is 5.58. The van der Waals surface area contributed by atoms with Gasteiger partial charge in [-0.2, -0.15) is 0 Å². The molecule has 1 saturated heterocycles. The predicted octanol–water partition coefficient (Wildman–Crippen LogP) is 3.18. The van der Waals surface area contributed by atoms with Gasteiger partial charge in [0, 0.05) is 31.0 Å². The molecule has 1 fully saturated rings. The lowest BCUT2D eigenvalue weighted by atomic mass is 10.1. The maximum atomic E-state index is 13.5. The molecule has 3 heterocycles. The molecular formula is C19H19FN4O. The molecule has 0 saturated carbocycles. The first-order chi connectivity index (χ1) is 12.3. The van der Waals surface area contributed by atoms with Gasteiger partial charge in [-0.25, -0.2) is 9.37 Å². The van der Waals surface area contributed by atoms with E-state index in [4.69, 9.17) is 4.74 Å². The van der Waals surface area contributed by atoms with E-state index in [-0.39, 0.29) is 11.9 Å². The van der Waals surface area contributed by atoms with E-state index in [0.29, 0.717) is 13.2 Å². The number of rotatable bonds is 4. The number of hydrogen-bond acceptors (Lipinski definition) is 4. The van der Waals surface area contributed by atoms with E-state index in [2.05, 4.69) is 19.9 Å². The summed E-state index contributed by atoms with van der Waals surface area (Å²) in [6, 6.07) is 10.6. The van der Waals surface area contributed by atoms with Crippen LogP contribution < -0.4 is 0 Å². The summed E-state index contributed by atoms with van der Waals surface area (Å²) in [5.41, 5.74) is 2.80. The van der Waals surface area contributed by atoms with Crippen molar-refractivity contribution in [2.75, 3.05) is 19.8 Å². The van der Waals surface area contributed by atoms with Crippen molar-refractivity contribution in [3.8, 4) is 11.3 Å². The fourth-order valence-corrected chi connectivity index (χ4v) is 3.11. The number of aromatic nitrogens is 3. The van der Waals surface area contributed by atoms with E-state index in [1.807, 2.05) is 18.2 Å². The summed E-state index contributed by atoms with van der Waals surface area (Å²) in [7, 11) is 0. The van der Waals surface area contributed by atoms with Crippen LogP contribution in [0.15, 0.2) is 55.0 Å². The molecule has 5 nitrogen and oxygen atoms in total. The van der Waals surface area contributed by atoms with Crippen LogP contribution in [0.4, 0.5) is 4.39 Å². The summed E-state index contributed by atoms with van der Waals surface area (Å²) in [6.45, 7) is 2.94. The first kappa shape index (κ1) is 15.9. The van der Waals surface area contributed by atoms with Crippen molar-refractivity contribution >= 4 is 0 Å². The fourth-order valence-electron chi connectivity index (χ4n) is 3.11. The van der Waals surface area contributed by atoms with Gasteiger partial charge >= 0.3 is 0 Å². The highest BCUT2D eigenvalue weighted by Gasteiger charge is 2.27. The number of hydrogen-bond donors (Lipinski definition) is 1. The number of nitrogens with zero attached hydrogens (tertiary/aromatic N) is 3. The lowest BCUT2D eigenvalue weighted by molar-refractivity contribution is -0.0156. The minimum absolute atomic E-state index is 0.0456. The van der Waals surface area contributed by atoms with Crippen molar-refractivity contribution in [2.24, 2.45) is 0 Å². The average molecular weight is 338 g/mol. The van der Waals surface area contributed by atoms with Gasteiger partial charge < -0.3 is 9.72 Å². The summed E-state index contributed by atoms with van der Waals surface area (Å²) in [5.74, 6) is 0.585. The molecule has 1 atom stereocenters. The summed E-state index contributed by atoms with van der Waals surface area (Å²) in [6.07, 6.45) is 5.36. The Morgan fingerprint density at radius 3 is 2.96 bits per heavy atom. The summed E-state index contributed by atoms with van der Waals surface area (Å²) in [4.78, 5) is 14.3. The summed E-state index contributed by atoms with van der Waals surface area (Å²) >= 11 is 0. The molecular weight excluding hydrogens is 319 g/mol. The summed E-state index contributed by atoms with van der Waals surface area (Å²) < 4.78 is 19.1. The topological polar surface area (TPSA) is 54.0 Å². The second-order valence-corrected chi connectivity index (χ2v) is 6.11. The highest BCUT2D eigenvalue weighted by Crippen LogP contribution is 2.26. The molecule has 0 amide bonds. The number of imidazole rings is 1. The van der Waals surface area contributed by atoms with Crippen LogP contribution in [0.2, 0.25) is 0 Å². The molecule has 4 rings (SSSR count). The smallest absolute Gasteiger partial charge is 0.126 e. The zero-order valence-corrected chi connectivity index (χ0v) is 13.7. The van der Waals surface area contributed by atoms with Gasteiger partial charge in [0.25, 0.3) is 0 Å². The Morgan fingerprint density at radius 1 is 1.24 bits per heavy atom. The van der Waals surface area contributed by atoms with Crippen molar-refractivity contribution in [3.05, 3.63) is 72.2 Å². The molecule has 1 aliphatic heterocycles. The van der Waals surface area contributed by atoms with Gasteiger partial charge in [0.05, 0.1) is 31.1 Å². The quantitative estimate of drug-likeness (QED) is 0.794. The second-order valence-electron chi connectivity index (χ2n) is 6.11. The molecule has 1 N–H and O–H groups in total. The number of nitrogens with one attached hydrogen (secondary N) is 1. The van der Waals surface area contributed by atoms with E-state index < -0.39 is 0 Å². The Hall–Kier alpha value is -2.57. The van der Waals surface area contributed by atoms with Gasteiger partial charge in [-0.05, 0) is 29.8 Å². The van der Waals surface area contributed by atoms with Crippen molar-refractivity contribution in [1.29, 1.82) is 0 Å². The molecule has 6 heteroatoms. The molecule has 0 bridgehead atoms. The second kappa shape index (κ2) is 7.13. The van der Waals surface area contributed by atoms with Crippen molar-refractivity contribution < 1.29 is 9.13 Å². The number of pyridine rings is 1. The Bertz CT molecular complexity index is 836. The first-order valence-electron chi connectivity index (χ1n) is 8.31. The van der Waals surface area contributed by atoms with Crippen LogP contribution >= 0.6 is 0 Å². The third-order valence-electron chi connectivity index (χ3n) is 4.42. The minimum Gasteiger partial charge on any atom is -0.378 e. The van der Waals surface area contributed by atoms with Gasteiger partial charge in [-0.15, -0.1) is 0 Å². The Balaban J connectivity index is 1.57. The van der Waals surface area contributed by atoms with Gasteiger partial charge in [0.1, 0.15) is 11.6 Å². The van der Waals surface area contributed by atoms with Crippen LogP contribution in [0.25, 0.3) is 11.3 Å². The Kier molecular flexibility index (Phi) is 4.54. The molecule has 1 aliphatic rings. The predicted molar refractivity (Wildman–Crippen MR) is 92.2 cm³/mol. The third-order valence-corrected chi connectivity index (χ3v) is 4.42. The van der Waals surface area contributed by atoms with E-state index >= 15 is 0 Å². The van der Waals surface area contributed by atoms with Crippen LogP contribution in [0.1, 0.15) is 17.4 Å². The van der Waals surface area contributed by atoms with Crippen molar-refractivity contribution in [1.82, 2.24) is 19.9 Å². The van der Waals surface area contributed by atoms with Crippen LogP contribution in [0.5, 0.6) is 0 Å². The average Bonchev–Trinajstić information content (AvgIpc) is 3.13. The molecule has 3 aromatic rings. The maximum Gasteiger partial charge on any atom is 0.126 e.